The Kier molecular flexibility index (Phi) is 29.0. The Morgan fingerprint density at radius 1 is 0.656 bits per heavy atom. The summed E-state index contributed by atoms with van der Waals surface area (Å²) in [7, 11) is 11.4. The van der Waals surface area contributed by atoms with E-state index in [4.69, 9.17) is 11.6 Å². The summed E-state index contributed by atoms with van der Waals surface area (Å²) in [5.74, 6) is -10.1. The molecule has 12 amide bonds. The van der Waals surface area contributed by atoms with E-state index in [1.54, 1.807) is 20.8 Å². The first-order chi connectivity index (χ1) is 44.8. The standard InChI is InChI=1S/C68H106ClF3N12O12/c1-17-40(6)56-66(95)79(12)42(8)61(90)84-32-31-49(84)64(93)81(14)51(35-43-23-19-18-20-24-43)63(92)78(11)37-53(85)74-48(30-28-44-27-29-46(47(69)34-44)68(70,71)72)59(88)73-41(7)58(87)75-55(39(4)5)65(94)83(16)57(45-25-21-22-26-45)67(96)82(15)52(62(91)77(9)10)36-54(86)80(13)50(33-38(2)3)60(89)76-56/h27,29,34,38-43,45,48-52,55-57H,17-26,28,30-33,35-37H2,1-16H3,(H,73,88)(H,74,85)(H,75,87)(H,76,89)/t40-,41+,42-,48-,49-,50-,51-,52-,55-,56-,57-/m0/s1. The van der Waals surface area contributed by atoms with Gasteiger partial charge < -0.3 is 60.5 Å². The quantitative estimate of drug-likeness (QED) is 0.218. The van der Waals surface area contributed by atoms with Gasteiger partial charge in [-0.15, -0.1) is 0 Å². The fourth-order valence-electron chi connectivity index (χ4n) is 13.4. The van der Waals surface area contributed by atoms with Gasteiger partial charge >= 0.3 is 6.18 Å². The molecular formula is C68H106ClF3N12O12. The van der Waals surface area contributed by atoms with Crippen LogP contribution >= 0.6 is 11.6 Å². The molecule has 4 fully saturated rings. The number of nitrogens with one attached hydrogen (secondary N) is 4. The first kappa shape index (κ1) is 79.6. The van der Waals surface area contributed by atoms with Crippen molar-refractivity contribution in [3.63, 3.8) is 0 Å². The fraction of sp³-hybridized carbons (Fsp3) is 0.735. The number of fused-ring (bicyclic) bond motifs is 1. The van der Waals surface area contributed by atoms with Crippen LogP contribution in [-0.4, -0.2) is 240 Å². The van der Waals surface area contributed by atoms with E-state index >= 15 is 4.79 Å². The highest BCUT2D eigenvalue weighted by Gasteiger charge is 2.48. The number of aryl methyl sites for hydroxylation is 1. The van der Waals surface area contributed by atoms with Gasteiger partial charge in [0.15, 0.2) is 0 Å². The first-order valence-corrected chi connectivity index (χ1v) is 34.4. The molecule has 2 aliphatic carbocycles. The summed E-state index contributed by atoms with van der Waals surface area (Å²) in [6.07, 6.45) is 2.01. The number of alkyl halides is 3. The van der Waals surface area contributed by atoms with Crippen molar-refractivity contribution >= 4 is 82.5 Å². The average Bonchev–Trinajstić information content (AvgIpc) is 0.921. The van der Waals surface area contributed by atoms with Crippen LogP contribution in [0.25, 0.3) is 0 Å². The molecule has 28 heteroatoms. The van der Waals surface area contributed by atoms with Crippen LogP contribution in [0, 0.1) is 29.6 Å². The second kappa shape index (κ2) is 34.9. The third kappa shape index (κ3) is 20.1. The monoisotopic (exact) mass is 1370 g/mol. The van der Waals surface area contributed by atoms with Gasteiger partial charge in [0.25, 0.3) is 0 Å². The minimum Gasteiger partial charge on any atom is -0.347 e. The number of amides is 12. The molecule has 11 atom stereocenters. The molecule has 0 spiro atoms. The number of halogens is 4. The molecule has 1 aromatic carbocycles. The molecule has 4 N–H and O–H groups in total. The second-order valence-electron chi connectivity index (χ2n) is 28.2. The molecule has 2 saturated carbocycles. The van der Waals surface area contributed by atoms with Crippen molar-refractivity contribution in [3.05, 3.63) is 34.3 Å². The molecule has 2 saturated heterocycles. The zero-order valence-electron chi connectivity index (χ0n) is 59.1. The predicted octanol–water partition coefficient (Wildman–Crippen LogP) is 4.87. The highest BCUT2D eigenvalue weighted by atomic mass is 35.5. The molecule has 96 heavy (non-hydrogen) atoms. The van der Waals surface area contributed by atoms with Crippen LogP contribution in [0.2, 0.25) is 5.02 Å². The Morgan fingerprint density at radius 3 is 1.79 bits per heavy atom. The Bertz CT molecular complexity index is 2980. The fourth-order valence-corrected chi connectivity index (χ4v) is 13.7. The molecule has 0 bridgehead atoms. The van der Waals surface area contributed by atoms with Gasteiger partial charge in [0.1, 0.15) is 60.4 Å². The SMILES string of the molecule is CC[C@H](C)[C@@H]1NC(=O)[C@H](CC(C)C)N(C)C(=O)C[C@@H](C(=O)N(C)C)N(C)C(=O)[C@H](C2CCCC2)N(C)C(=O)[C@H](C(C)C)NC(=O)[C@@H](C)NC(=O)[C@H](CCc2ccc(C(F)(F)F)c(Cl)c2)NC(=O)CN(C)C(=O)[C@H](CC2CCCCC2)N(C)C(=O)[C@@H]2CCN2C(=O)[C@H](C)N(C)C1=O. The van der Waals surface area contributed by atoms with E-state index in [0.717, 1.165) is 66.9 Å². The summed E-state index contributed by atoms with van der Waals surface area (Å²) in [4.78, 5) is 186. The Hall–Kier alpha value is -7.06. The number of hydrogen-bond acceptors (Lipinski definition) is 12. The number of carbonyl (C=O) groups is 12. The molecule has 1 aromatic rings. The summed E-state index contributed by atoms with van der Waals surface area (Å²) in [5, 5.41) is 10.3. The predicted molar refractivity (Wildman–Crippen MR) is 355 cm³/mol. The normalized spacial score (nSPS) is 27.4. The summed E-state index contributed by atoms with van der Waals surface area (Å²) in [6.45, 7) is 13.0. The molecule has 5 rings (SSSR count). The maximum atomic E-state index is 15.3. The van der Waals surface area contributed by atoms with Crippen LogP contribution in [0.3, 0.4) is 0 Å². The highest BCUT2D eigenvalue weighted by Crippen LogP contribution is 2.37. The minimum absolute atomic E-state index is 0.0160. The van der Waals surface area contributed by atoms with Crippen molar-refractivity contribution < 1.29 is 70.7 Å². The van der Waals surface area contributed by atoms with Crippen molar-refractivity contribution in [3.8, 4) is 0 Å². The minimum atomic E-state index is -4.77. The molecule has 2 heterocycles. The van der Waals surface area contributed by atoms with E-state index in [1.165, 1.54) is 106 Å². The summed E-state index contributed by atoms with van der Waals surface area (Å²) < 4.78 is 41.3. The zero-order chi connectivity index (χ0) is 72.1. The lowest BCUT2D eigenvalue weighted by atomic mass is 9.84. The van der Waals surface area contributed by atoms with E-state index < -0.39 is 179 Å². The summed E-state index contributed by atoms with van der Waals surface area (Å²) in [6, 6.07) is -9.58. The topological polar surface area (TPSA) is 279 Å². The lowest BCUT2D eigenvalue weighted by molar-refractivity contribution is -0.160. The van der Waals surface area contributed by atoms with Gasteiger partial charge in [-0.05, 0) is 106 Å². The van der Waals surface area contributed by atoms with Gasteiger partial charge in [0.2, 0.25) is 70.9 Å². The Balaban J connectivity index is 1.60. The Labute approximate surface area is 569 Å². The summed E-state index contributed by atoms with van der Waals surface area (Å²) >= 11 is 6.08. The van der Waals surface area contributed by atoms with E-state index in [-0.39, 0.29) is 56.0 Å². The van der Waals surface area contributed by atoms with E-state index in [1.807, 2.05) is 20.8 Å². The third-order valence-corrected chi connectivity index (χ3v) is 20.4. The van der Waals surface area contributed by atoms with Crippen molar-refractivity contribution in [2.24, 2.45) is 29.6 Å². The molecule has 0 radical (unpaired) electrons. The van der Waals surface area contributed by atoms with Crippen LogP contribution in [0.15, 0.2) is 18.2 Å². The zero-order valence-corrected chi connectivity index (χ0v) is 59.9. The highest BCUT2D eigenvalue weighted by molar-refractivity contribution is 6.31. The van der Waals surface area contributed by atoms with Gasteiger partial charge in [-0.2, -0.15) is 13.2 Å². The van der Waals surface area contributed by atoms with Gasteiger partial charge in [0.05, 0.1) is 23.6 Å². The van der Waals surface area contributed by atoms with Crippen LogP contribution in [-0.2, 0) is 70.1 Å². The van der Waals surface area contributed by atoms with Crippen LogP contribution in [0.4, 0.5) is 13.2 Å². The smallest absolute Gasteiger partial charge is 0.347 e. The summed E-state index contributed by atoms with van der Waals surface area (Å²) in [5.41, 5.74) is -0.822. The lowest BCUT2D eigenvalue weighted by Crippen LogP contribution is -2.65. The second-order valence-corrected chi connectivity index (χ2v) is 28.6. The van der Waals surface area contributed by atoms with Crippen LogP contribution < -0.4 is 21.3 Å². The number of carbonyl (C=O) groups excluding carboxylic acids is 12. The van der Waals surface area contributed by atoms with Gasteiger partial charge in [-0.3, -0.25) is 57.5 Å². The number of hydrogen-bond donors (Lipinski definition) is 4. The first-order valence-electron chi connectivity index (χ1n) is 34.0. The molecule has 4 aliphatic rings. The lowest BCUT2D eigenvalue weighted by Gasteiger charge is -2.45. The van der Waals surface area contributed by atoms with Gasteiger partial charge in [0, 0.05) is 62.9 Å². The largest absolute Gasteiger partial charge is 0.417 e. The van der Waals surface area contributed by atoms with Crippen LogP contribution in [0.1, 0.15) is 163 Å². The van der Waals surface area contributed by atoms with E-state index in [2.05, 4.69) is 21.3 Å². The number of nitrogens with zero attached hydrogens (tertiary/aromatic N) is 8. The van der Waals surface area contributed by atoms with Crippen molar-refractivity contribution in [1.29, 1.82) is 0 Å². The van der Waals surface area contributed by atoms with Gasteiger partial charge in [-0.25, -0.2) is 0 Å². The molecule has 0 aromatic heterocycles. The van der Waals surface area contributed by atoms with Crippen molar-refractivity contribution in [1.82, 2.24) is 60.5 Å². The van der Waals surface area contributed by atoms with E-state index in [0.29, 0.717) is 19.3 Å². The number of benzene rings is 1. The Morgan fingerprint density at radius 2 is 1.25 bits per heavy atom. The number of rotatable bonds is 12. The van der Waals surface area contributed by atoms with E-state index in [9.17, 15) is 65.9 Å². The maximum Gasteiger partial charge on any atom is 0.417 e. The average molecular weight is 1380 g/mol. The van der Waals surface area contributed by atoms with Crippen LogP contribution in [0.5, 0.6) is 0 Å². The molecule has 0 unspecified atom stereocenters. The number of likely N-dealkylation sites (N-methyl/N-ethyl adjacent to an activating group) is 7. The maximum absolute atomic E-state index is 15.3. The molecule has 538 valence electrons. The van der Waals surface area contributed by atoms with Crippen molar-refractivity contribution in [2.75, 3.05) is 69.5 Å². The third-order valence-electron chi connectivity index (χ3n) is 20.1. The molecule has 24 nitrogen and oxygen atoms in total. The van der Waals surface area contributed by atoms with Crippen molar-refractivity contribution in [2.45, 2.75) is 225 Å². The molecular weight excluding hydrogens is 1270 g/mol. The molecule has 2 aliphatic heterocycles. The van der Waals surface area contributed by atoms with Gasteiger partial charge in [-0.1, -0.05) is 111 Å².